The number of hydrogen-bond donors (Lipinski definition) is 0. The van der Waals surface area contributed by atoms with Crippen LogP contribution in [0.4, 0.5) is 0 Å². The number of aromatic nitrogens is 4. The molecule has 2 aromatic heterocycles. The van der Waals surface area contributed by atoms with Gasteiger partial charge in [0.15, 0.2) is 5.82 Å². The molecule has 154 valence electrons. The fourth-order valence-electron chi connectivity index (χ4n) is 4.26. The summed E-state index contributed by atoms with van der Waals surface area (Å²) in [6, 6.07) is 1.82. The number of carbonyl (C=O) groups excluding carboxylic acids is 2. The van der Waals surface area contributed by atoms with E-state index in [9.17, 15) is 9.59 Å². The molecule has 0 aromatic carbocycles. The SMILES string of the molecule is CC(=O)N1CCc2nc([C@H]3CCCCN3C(=O)C[C@H](C)n3cccn3)ncc2C1. The molecular weight excluding hydrogens is 368 g/mol. The van der Waals surface area contributed by atoms with Gasteiger partial charge in [-0.2, -0.15) is 5.10 Å². The Kier molecular flexibility index (Phi) is 5.60. The highest BCUT2D eigenvalue weighted by Crippen LogP contribution is 2.31. The van der Waals surface area contributed by atoms with E-state index in [1.807, 2.05) is 39.9 Å². The van der Waals surface area contributed by atoms with E-state index in [2.05, 4.69) is 10.1 Å². The topological polar surface area (TPSA) is 84.2 Å². The van der Waals surface area contributed by atoms with E-state index in [-0.39, 0.29) is 23.9 Å². The zero-order valence-corrected chi connectivity index (χ0v) is 17.1. The molecule has 2 aliphatic heterocycles. The van der Waals surface area contributed by atoms with Crippen LogP contribution in [0.25, 0.3) is 0 Å². The number of hydrogen-bond acceptors (Lipinski definition) is 5. The molecule has 0 radical (unpaired) electrons. The molecule has 0 unspecified atom stereocenters. The molecule has 8 heteroatoms. The minimum atomic E-state index is -0.0720. The zero-order chi connectivity index (χ0) is 20.4. The van der Waals surface area contributed by atoms with Crippen LogP contribution in [0, 0.1) is 0 Å². The van der Waals surface area contributed by atoms with Crippen molar-refractivity contribution in [3.05, 3.63) is 41.7 Å². The quantitative estimate of drug-likeness (QED) is 0.792. The second-order valence-corrected chi connectivity index (χ2v) is 8.03. The highest BCUT2D eigenvalue weighted by Gasteiger charge is 2.32. The first kappa shape index (κ1) is 19.5. The maximum atomic E-state index is 13.1. The monoisotopic (exact) mass is 396 g/mol. The zero-order valence-electron chi connectivity index (χ0n) is 17.1. The van der Waals surface area contributed by atoms with Crippen molar-refractivity contribution in [3.8, 4) is 0 Å². The molecule has 0 aliphatic carbocycles. The first-order chi connectivity index (χ1) is 14.0. The van der Waals surface area contributed by atoms with Gasteiger partial charge in [-0.3, -0.25) is 14.3 Å². The largest absolute Gasteiger partial charge is 0.338 e. The molecule has 2 aromatic rings. The summed E-state index contributed by atoms with van der Waals surface area (Å²) in [5.41, 5.74) is 2.02. The number of carbonyl (C=O) groups is 2. The third-order valence-corrected chi connectivity index (χ3v) is 5.97. The number of amides is 2. The van der Waals surface area contributed by atoms with Gasteiger partial charge in [-0.1, -0.05) is 0 Å². The second kappa shape index (κ2) is 8.31. The van der Waals surface area contributed by atoms with Crippen molar-refractivity contribution < 1.29 is 9.59 Å². The lowest BCUT2D eigenvalue weighted by Crippen LogP contribution is -2.40. The predicted molar refractivity (Wildman–Crippen MR) is 107 cm³/mol. The molecule has 0 spiro atoms. The molecule has 1 saturated heterocycles. The first-order valence-electron chi connectivity index (χ1n) is 10.4. The number of likely N-dealkylation sites (tertiary alicyclic amines) is 1. The van der Waals surface area contributed by atoms with Crippen LogP contribution in [0.1, 0.15) is 68.7 Å². The van der Waals surface area contributed by atoms with Gasteiger partial charge in [0.05, 0.1) is 17.8 Å². The van der Waals surface area contributed by atoms with Gasteiger partial charge in [0, 0.05) is 63.6 Å². The van der Waals surface area contributed by atoms with Crippen LogP contribution in [0.3, 0.4) is 0 Å². The van der Waals surface area contributed by atoms with Gasteiger partial charge in [-0.15, -0.1) is 0 Å². The smallest absolute Gasteiger partial charge is 0.225 e. The molecule has 2 atom stereocenters. The van der Waals surface area contributed by atoms with Gasteiger partial charge in [-0.25, -0.2) is 9.97 Å². The summed E-state index contributed by atoms with van der Waals surface area (Å²) >= 11 is 0. The third kappa shape index (κ3) is 4.16. The Labute approximate surface area is 170 Å². The fraction of sp³-hybridized carbons (Fsp3) is 0.571. The molecule has 0 saturated carbocycles. The van der Waals surface area contributed by atoms with Crippen molar-refractivity contribution in [1.82, 2.24) is 29.5 Å². The van der Waals surface area contributed by atoms with Crippen LogP contribution in [-0.2, 0) is 22.6 Å². The van der Waals surface area contributed by atoms with Crippen molar-refractivity contribution in [2.75, 3.05) is 13.1 Å². The molecular formula is C21H28N6O2. The van der Waals surface area contributed by atoms with E-state index in [4.69, 9.17) is 4.98 Å². The molecule has 4 heterocycles. The molecule has 8 nitrogen and oxygen atoms in total. The summed E-state index contributed by atoms with van der Waals surface area (Å²) in [7, 11) is 0. The van der Waals surface area contributed by atoms with Gasteiger partial charge in [0.2, 0.25) is 11.8 Å². The van der Waals surface area contributed by atoms with E-state index < -0.39 is 0 Å². The van der Waals surface area contributed by atoms with Crippen LogP contribution in [0.2, 0.25) is 0 Å². The Bertz CT molecular complexity index is 881. The minimum Gasteiger partial charge on any atom is -0.338 e. The summed E-state index contributed by atoms with van der Waals surface area (Å²) in [6.45, 7) is 5.61. The maximum absolute atomic E-state index is 13.1. The lowest BCUT2D eigenvalue weighted by atomic mass is 9.99. The molecule has 2 aliphatic rings. The molecule has 2 amide bonds. The van der Waals surface area contributed by atoms with Crippen molar-refractivity contribution in [2.45, 2.75) is 64.6 Å². The van der Waals surface area contributed by atoms with Gasteiger partial charge in [0.25, 0.3) is 0 Å². The summed E-state index contributed by atoms with van der Waals surface area (Å²) in [4.78, 5) is 37.9. The Hall–Kier alpha value is -2.77. The average molecular weight is 396 g/mol. The Morgan fingerprint density at radius 1 is 1.28 bits per heavy atom. The number of rotatable bonds is 4. The Balaban J connectivity index is 1.50. The highest BCUT2D eigenvalue weighted by molar-refractivity contribution is 5.77. The molecule has 0 N–H and O–H groups in total. The first-order valence-corrected chi connectivity index (χ1v) is 10.4. The summed E-state index contributed by atoms with van der Waals surface area (Å²) < 4.78 is 1.83. The van der Waals surface area contributed by atoms with E-state index >= 15 is 0 Å². The van der Waals surface area contributed by atoms with Gasteiger partial charge < -0.3 is 9.80 Å². The second-order valence-electron chi connectivity index (χ2n) is 8.03. The fourth-order valence-corrected chi connectivity index (χ4v) is 4.26. The number of piperidine rings is 1. The minimum absolute atomic E-state index is 0.0158. The lowest BCUT2D eigenvalue weighted by Gasteiger charge is -2.36. The summed E-state index contributed by atoms with van der Waals surface area (Å²) in [6.07, 6.45) is 9.59. The van der Waals surface area contributed by atoms with Crippen LogP contribution >= 0.6 is 0 Å². The summed E-state index contributed by atoms with van der Waals surface area (Å²) in [5.74, 6) is 0.941. The van der Waals surface area contributed by atoms with Crippen LogP contribution in [0.15, 0.2) is 24.7 Å². The van der Waals surface area contributed by atoms with Crippen molar-refractivity contribution in [1.29, 1.82) is 0 Å². The van der Waals surface area contributed by atoms with Gasteiger partial charge >= 0.3 is 0 Å². The molecule has 29 heavy (non-hydrogen) atoms. The highest BCUT2D eigenvalue weighted by atomic mass is 16.2. The van der Waals surface area contributed by atoms with Crippen molar-refractivity contribution in [2.24, 2.45) is 0 Å². The molecule has 4 rings (SSSR count). The van der Waals surface area contributed by atoms with E-state index in [0.717, 1.165) is 49.3 Å². The Morgan fingerprint density at radius 2 is 2.14 bits per heavy atom. The van der Waals surface area contributed by atoms with Crippen LogP contribution < -0.4 is 0 Å². The van der Waals surface area contributed by atoms with E-state index in [1.54, 1.807) is 13.1 Å². The number of fused-ring (bicyclic) bond motifs is 1. The normalized spacial score (nSPS) is 20.3. The molecule has 0 bridgehead atoms. The van der Waals surface area contributed by atoms with Gasteiger partial charge in [0.1, 0.15) is 0 Å². The molecule has 1 fully saturated rings. The summed E-state index contributed by atoms with van der Waals surface area (Å²) in [5, 5.41) is 4.25. The van der Waals surface area contributed by atoms with Crippen LogP contribution in [0.5, 0.6) is 0 Å². The maximum Gasteiger partial charge on any atom is 0.225 e. The Morgan fingerprint density at radius 3 is 2.90 bits per heavy atom. The van der Waals surface area contributed by atoms with Crippen molar-refractivity contribution >= 4 is 11.8 Å². The van der Waals surface area contributed by atoms with Crippen molar-refractivity contribution in [3.63, 3.8) is 0 Å². The lowest BCUT2D eigenvalue weighted by molar-refractivity contribution is -0.136. The van der Waals surface area contributed by atoms with E-state index in [1.165, 1.54) is 0 Å². The average Bonchev–Trinajstić information content (AvgIpc) is 3.28. The van der Waals surface area contributed by atoms with Gasteiger partial charge in [-0.05, 0) is 32.3 Å². The van der Waals surface area contributed by atoms with E-state index in [0.29, 0.717) is 19.5 Å². The standard InChI is InChI=1S/C21H28N6O2/c1-15(27-10-5-8-23-27)12-20(29)26-9-4-3-6-19(26)21-22-13-17-14-25(16(2)28)11-7-18(17)24-21/h5,8,10,13,15,19H,3-4,6-7,9,11-12,14H2,1-2H3/t15-,19+/m0/s1. The third-order valence-electron chi connectivity index (χ3n) is 5.97. The van der Waals surface area contributed by atoms with Crippen LogP contribution in [-0.4, -0.2) is 54.5 Å². The number of nitrogens with zero attached hydrogens (tertiary/aromatic N) is 6. The predicted octanol–water partition coefficient (Wildman–Crippen LogP) is 2.28.